The van der Waals surface area contributed by atoms with Gasteiger partial charge in [-0.25, -0.2) is 13.2 Å². The normalized spacial score (nSPS) is 11.7. The van der Waals surface area contributed by atoms with Crippen molar-refractivity contribution in [1.82, 2.24) is 4.57 Å². The molecule has 1 aromatic heterocycles. The topological polar surface area (TPSA) is 86.6 Å². The maximum atomic E-state index is 13.9. The molecule has 0 fully saturated rings. The maximum Gasteiger partial charge on any atom is 0.573 e. The molecule has 4 aromatic rings. The van der Waals surface area contributed by atoms with Crippen molar-refractivity contribution in [1.29, 1.82) is 0 Å². The Bertz CT molecular complexity index is 1530. The summed E-state index contributed by atoms with van der Waals surface area (Å²) < 4.78 is 78.5. The third-order valence-electron chi connectivity index (χ3n) is 5.51. The van der Waals surface area contributed by atoms with Crippen LogP contribution in [0.4, 0.5) is 18.9 Å². The molecule has 0 aliphatic rings. The van der Waals surface area contributed by atoms with Crippen LogP contribution in [0, 0.1) is 6.92 Å². The van der Waals surface area contributed by atoms with Gasteiger partial charge in [-0.2, -0.15) is 0 Å². The summed E-state index contributed by atoms with van der Waals surface area (Å²) in [5, 5.41) is 0. The molecule has 0 atom stereocenters. The number of para-hydroxylation sites is 1. The number of sulfonamides is 1. The van der Waals surface area contributed by atoms with Gasteiger partial charge in [-0.15, -0.1) is 13.2 Å². The Hall–Kier alpha value is -4.25. The van der Waals surface area contributed by atoms with Crippen LogP contribution in [0.25, 0.3) is 16.9 Å². The third kappa shape index (κ3) is 5.67. The van der Waals surface area contributed by atoms with E-state index in [1.807, 2.05) is 6.07 Å². The molecular formula is C27H23F3N2O5S. The van der Waals surface area contributed by atoms with E-state index in [9.17, 15) is 26.4 Å². The second kappa shape index (κ2) is 10.6. The van der Waals surface area contributed by atoms with Crippen LogP contribution in [0.5, 0.6) is 5.75 Å². The van der Waals surface area contributed by atoms with E-state index in [2.05, 4.69) is 9.46 Å². The van der Waals surface area contributed by atoms with Crippen LogP contribution < -0.4 is 9.46 Å². The quantitative estimate of drug-likeness (QED) is 0.262. The van der Waals surface area contributed by atoms with Crippen molar-refractivity contribution in [2.75, 3.05) is 11.3 Å². The molecule has 1 N–H and O–H groups in total. The number of nitrogens with one attached hydrogen (secondary N) is 1. The molecule has 1 heterocycles. The minimum Gasteiger partial charge on any atom is -0.462 e. The van der Waals surface area contributed by atoms with Gasteiger partial charge in [0.1, 0.15) is 16.2 Å². The predicted octanol–water partition coefficient (Wildman–Crippen LogP) is 6.33. The molecule has 3 aromatic carbocycles. The smallest absolute Gasteiger partial charge is 0.462 e. The van der Waals surface area contributed by atoms with Crippen molar-refractivity contribution in [3.8, 4) is 22.7 Å². The van der Waals surface area contributed by atoms with Crippen LogP contribution in [0.1, 0.15) is 23.0 Å². The highest BCUT2D eigenvalue weighted by atomic mass is 32.2. The number of ether oxygens (including phenoxy) is 2. The van der Waals surface area contributed by atoms with Crippen molar-refractivity contribution in [2.24, 2.45) is 0 Å². The van der Waals surface area contributed by atoms with Gasteiger partial charge in [-0.3, -0.25) is 4.72 Å². The second-order valence-electron chi connectivity index (χ2n) is 8.07. The Morgan fingerprint density at radius 1 is 0.921 bits per heavy atom. The highest BCUT2D eigenvalue weighted by molar-refractivity contribution is 7.93. The summed E-state index contributed by atoms with van der Waals surface area (Å²) in [5.74, 6) is -1.34. The van der Waals surface area contributed by atoms with E-state index in [1.54, 1.807) is 73.0 Å². The minimum atomic E-state index is -4.89. The summed E-state index contributed by atoms with van der Waals surface area (Å²) in [7, 11) is -4.48. The van der Waals surface area contributed by atoms with Crippen molar-refractivity contribution < 1.29 is 35.9 Å². The predicted molar refractivity (Wildman–Crippen MR) is 136 cm³/mol. The van der Waals surface area contributed by atoms with E-state index < -0.39 is 28.1 Å². The molecule has 0 saturated heterocycles. The molecule has 0 radical (unpaired) electrons. The molecule has 11 heteroatoms. The lowest BCUT2D eigenvalue weighted by Crippen LogP contribution is -2.18. The number of hydrogen-bond acceptors (Lipinski definition) is 5. The van der Waals surface area contributed by atoms with Gasteiger partial charge < -0.3 is 14.0 Å². The lowest BCUT2D eigenvalue weighted by Gasteiger charge is -2.15. The zero-order chi connectivity index (χ0) is 27.5. The molecule has 4 rings (SSSR count). The number of aromatic nitrogens is 1. The fraction of sp³-hybridized carbons (Fsp3) is 0.148. The standard InChI is InChI=1S/C27H23F3N2O5S/c1-3-36-26(33)23-18(2)32(21-12-8-5-9-13-21)24(19-10-6-4-7-11-19)25(23)38(34,35)31-20-14-16-22(17-15-20)37-27(28,29)30/h4-17,31H,3H2,1-2H3. The van der Waals surface area contributed by atoms with E-state index in [4.69, 9.17) is 4.74 Å². The number of carbonyl (C=O) groups excluding carboxylic acids is 1. The molecule has 0 spiro atoms. The summed E-state index contributed by atoms with van der Waals surface area (Å²) in [4.78, 5) is 12.8. The van der Waals surface area contributed by atoms with E-state index >= 15 is 0 Å². The van der Waals surface area contributed by atoms with Gasteiger partial charge in [0.25, 0.3) is 10.0 Å². The van der Waals surface area contributed by atoms with Crippen molar-refractivity contribution >= 4 is 21.7 Å². The zero-order valence-electron chi connectivity index (χ0n) is 20.3. The Morgan fingerprint density at radius 3 is 2.05 bits per heavy atom. The van der Waals surface area contributed by atoms with Gasteiger partial charge in [0.05, 0.1) is 12.3 Å². The van der Waals surface area contributed by atoms with E-state index in [-0.39, 0.29) is 28.4 Å². The molecule has 198 valence electrons. The van der Waals surface area contributed by atoms with Gasteiger partial charge in [0.15, 0.2) is 0 Å². The zero-order valence-corrected chi connectivity index (χ0v) is 21.1. The first-order chi connectivity index (χ1) is 18.0. The third-order valence-corrected chi connectivity index (χ3v) is 6.95. The number of alkyl halides is 3. The lowest BCUT2D eigenvalue weighted by atomic mass is 10.1. The number of rotatable bonds is 8. The van der Waals surface area contributed by atoms with Crippen LogP contribution in [0.15, 0.2) is 89.8 Å². The molecular weight excluding hydrogens is 521 g/mol. The molecule has 0 amide bonds. The van der Waals surface area contributed by atoms with Gasteiger partial charge in [0, 0.05) is 17.1 Å². The molecule has 0 aliphatic carbocycles. The van der Waals surface area contributed by atoms with Gasteiger partial charge in [-0.1, -0.05) is 48.5 Å². The molecule has 38 heavy (non-hydrogen) atoms. The van der Waals surface area contributed by atoms with Crippen molar-refractivity contribution in [2.45, 2.75) is 25.1 Å². The van der Waals surface area contributed by atoms with Crippen molar-refractivity contribution in [3.05, 3.63) is 96.2 Å². The number of anilines is 1. The number of halogens is 3. The average molecular weight is 545 g/mol. The molecule has 0 unspecified atom stereocenters. The van der Waals surface area contributed by atoms with Gasteiger partial charge in [0.2, 0.25) is 0 Å². The van der Waals surface area contributed by atoms with E-state index in [1.165, 1.54) is 0 Å². The Morgan fingerprint density at radius 2 is 1.50 bits per heavy atom. The van der Waals surface area contributed by atoms with Crippen LogP contribution in [0.2, 0.25) is 0 Å². The van der Waals surface area contributed by atoms with Crippen LogP contribution in [0.3, 0.4) is 0 Å². The maximum absolute atomic E-state index is 13.9. The fourth-order valence-electron chi connectivity index (χ4n) is 4.06. The average Bonchev–Trinajstić information content (AvgIpc) is 3.19. The summed E-state index contributed by atoms with van der Waals surface area (Å²) in [5.41, 5.74) is 1.51. The Labute approximate surface area is 217 Å². The Balaban J connectivity index is 1.93. The molecule has 7 nitrogen and oxygen atoms in total. The SMILES string of the molecule is CCOC(=O)c1c(S(=O)(=O)Nc2ccc(OC(F)(F)F)cc2)c(-c2ccccc2)n(-c2ccccc2)c1C. The van der Waals surface area contributed by atoms with Crippen LogP contribution in [-0.4, -0.2) is 31.9 Å². The van der Waals surface area contributed by atoms with Gasteiger partial charge in [-0.05, 0) is 55.8 Å². The van der Waals surface area contributed by atoms with Gasteiger partial charge >= 0.3 is 12.3 Å². The second-order valence-corrected chi connectivity index (χ2v) is 9.69. The monoisotopic (exact) mass is 544 g/mol. The fourth-order valence-corrected chi connectivity index (χ4v) is 5.57. The van der Waals surface area contributed by atoms with E-state index in [0.717, 1.165) is 24.3 Å². The minimum absolute atomic E-state index is 0.0169. The first-order valence-corrected chi connectivity index (χ1v) is 12.9. The summed E-state index contributed by atoms with van der Waals surface area (Å²) in [6.45, 7) is 3.24. The Kier molecular flexibility index (Phi) is 7.49. The highest BCUT2D eigenvalue weighted by Gasteiger charge is 2.35. The number of esters is 1. The molecule has 0 saturated carbocycles. The van der Waals surface area contributed by atoms with Crippen molar-refractivity contribution in [3.63, 3.8) is 0 Å². The first kappa shape index (κ1) is 26.8. The van der Waals surface area contributed by atoms with E-state index in [0.29, 0.717) is 16.9 Å². The largest absolute Gasteiger partial charge is 0.573 e. The van der Waals surface area contributed by atoms with Crippen LogP contribution in [-0.2, 0) is 14.8 Å². The number of nitrogens with zero attached hydrogens (tertiary/aromatic N) is 1. The summed E-state index contributed by atoms with van der Waals surface area (Å²) >= 11 is 0. The number of benzene rings is 3. The summed E-state index contributed by atoms with van der Waals surface area (Å²) in [6.07, 6.45) is -4.89. The molecule has 0 aliphatic heterocycles. The number of carbonyl (C=O) groups is 1. The lowest BCUT2D eigenvalue weighted by molar-refractivity contribution is -0.274. The molecule has 0 bridgehead atoms. The highest BCUT2D eigenvalue weighted by Crippen LogP contribution is 2.39. The summed E-state index contributed by atoms with van der Waals surface area (Å²) in [6, 6.07) is 21.8. The number of hydrogen-bond donors (Lipinski definition) is 1. The van der Waals surface area contributed by atoms with Crippen LogP contribution >= 0.6 is 0 Å². The first-order valence-electron chi connectivity index (χ1n) is 11.4.